The summed E-state index contributed by atoms with van der Waals surface area (Å²) in [6, 6.07) is 6.21. The van der Waals surface area contributed by atoms with Crippen LogP contribution in [-0.4, -0.2) is 19.3 Å². The minimum absolute atomic E-state index is 0.0292. The third-order valence-corrected chi connectivity index (χ3v) is 9.28. The van der Waals surface area contributed by atoms with Gasteiger partial charge in [0.15, 0.2) is 5.13 Å². The van der Waals surface area contributed by atoms with Crippen LogP contribution in [0.15, 0.2) is 40.7 Å². The Balaban J connectivity index is 1.39. The average Bonchev–Trinajstić information content (AvgIpc) is 3.42. The molecule has 0 saturated heterocycles. The van der Waals surface area contributed by atoms with Crippen molar-refractivity contribution in [3.63, 3.8) is 0 Å². The quantitative estimate of drug-likeness (QED) is 0.122. The third-order valence-electron chi connectivity index (χ3n) is 7.11. The second kappa shape index (κ2) is 20.9. The molecule has 0 bridgehead atoms. The number of nitrogens with one attached hydrogen (secondary N) is 2. The Hall–Kier alpha value is -1.93. The Morgan fingerprint density at radius 1 is 0.718 bits per heavy atom. The molecule has 0 aliphatic rings. The highest BCUT2D eigenvalue weighted by Crippen LogP contribution is 2.20. The van der Waals surface area contributed by atoms with Gasteiger partial charge in [-0.25, -0.2) is 13.4 Å². The van der Waals surface area contributed by atoms with Crippen molar-refractivity contribution >= 4 is 38.1 Å². The maximum atomic E-state index is 12.4. The highest BCUT2D eigenvalue weighted by atomic mass is 32.2. The van der Waals surface area contributed by atoms with Crippen LogP contribution in [0.5, 0.6) is 0 Å². The van der Waals surface area contributed by atoms with Crippen LogP contribution in [0.2, 0.25) is 0 Å². The third kappa shape index (κ3) is 16.1. The van der Waals surface area contributed by atoms with Gasteiger partial charge in [-0.15, -0.1) is 11.3 Å². The van der Waals surface area contributed by atoms with Crippen LogP contribution >= 0.6 is 11.3 Å². The van der Waals surface area contributed by atoms with Crippen molar-refractivity contribution in [2.45, 2.75) is 140 Å². The zero-order chi connectivity index (χ0) is 28.0. The molecular weight excluding hydrogens is 526 g/mol. The number of hydrogen-bond donors (Lipinski definition) is 2. The van der Waals surface area contributed by atoms with Gasteiger partial charge in [-0.05, 0) is 30.7 Å². The van der Waals surface area contributed by atoms with E-state index in [4.69, 9.17) is 0 Å². The van der Waals surface area contributed by atoms with E-state index in [9.17, 15) is 13.2 Å². The lowest BCUT2D eigenvalue weighted by Crippen LogP contribution is -2.14. The molecule has 0 radical (unpaired) electrons. The molecule has 1 heterocycles. The summed E-state index contributed by atoms with van der Waals surface area (Å²) in [4.78, 5) is 16.3. The SMILES string of the molecule is CCCCCCCCCCCCCCCCCCCCCC(=O)Nc1ccc(S(=O)(=O)Nc2nccs2)cc1. The molecular formula is C31H51N3O3S2. The van der Waals surface area contributed by atoms with Crippen LogP contribution in [0.1, 0.15) is 135 Å². The lowest BCUT2D eigenvalue weighted by atomic mass is 10.0. The first-order valence-electron chi connectivity index (χ1n) is 15.3. The molecule has 0 atom stereocenters. The monoisotopic (exact) mass is 577 g/mol. The van der Waals surface area contributed by atoms with Crippen LogP contribution in [0.3, 0.4) is 0 Å². The van der Waals surface area contributed by atoms with Crippen LogP contribution in [-0.2, 0) is 14.8 Å². The molecule has 0 aliphatic heterocycles. The van der Waals surface area contributed by atoms with Crippen molar-refractivity contribution in [3.8, 4) is 0 Å². The molecule has 39 heavy (non-hydrogen) atoms. The fraction of sp³-hybridized carbons (Fsp3) is 0.677. The van der Waals surface area contributed by atoms with E-state index >= 15 is 0 Å². The summed E-state index contributed by atoms with van der Waals surface area (Å²) < 4.78 is 27.2. The van der Waals surface area contributed by atoms with Gasteiger partial charge >= 0.3 is 0 Å². The largest absolute Gasteiger partial charge is 0.326 e. The van der Waals surface area contributed by atoms with E-state index in [0.717, 1.165) is 12.8 Å². The van der Waals surface area contributed by atoms with Crippen LogP contribution in [0.4, 0.5) is 10.8 Å². The number of carbonyl (C=O) groups excluding carboxylic acids is 1. The molecule has 1 aromatic carbocycles. The number of sulfonamides is 1. The van der Waals surface area contributed by atoms with E-state index in [0.29, 0.717) is 17.2 Å². The van der Waals surface area contributed by atoms with Gasteiger partial charge in [0.2, 0.25) is 5.91 Å². The van der Waals surface area contributed by atoms with E-state index in [1.807, 2.05) is 0 Å². The van der Waals surface area contributed by atoms with Crippen LogP contribution in [0, 0.1) is 0 Å². The van der Waals surface area contributed by atoms with E-state index in [2.05, 4.69) is 21.9 Å². The van der Waals surface area contributed by atoms with Gasteiger partial charge in [0.1, 0.15) is 0 Å². The summed E-state index contributed by atoms with van der Waals surface area (Å²) in [6.45, 7) is 2.28. The minimum Gasteiger partial charge on any atom is -0.326 e. The van der Waals surface area contributed by atoms with Crippen molar-refractivity contribution in [2.75, 3.05) is 10.0 Å². The van der Waals surface area contributed by atoms with Gasteiger partial charge in [-0.1, -0.05) is 122 Å². The zero-order valence-electron chi connectivity index (χ0n) is 24.1. The molecule has 0 unspecified atom stereocenters. The van der Waals surface area contributed by atoms with Gasteiger partial charge in [-0.3, -0.25) is 9.52 Å². The number of carbonyl (C=O) groups is 1. The van der Waals surface area contributed by atoms with E-state index in [-0.39, 0.29) is 10.8 Å². The molecule has 0 aliphatic carbocycles. The maximum absolute atomic E-state index is 12.4. The Morgan fingerprint density at radius 3 is 1.62 bits per heavy atom. The molecule has 0 spiro atoms. The first-order chi connectivity index (χ1) is 19.0. The first-order valence-corrected chi connectivity index (χ1v) is 17.7. The maximum Gasteiger partial charge on any atom is 0.263 e. The molecule has 1 aromatic heterocycles. The number of thiazole rings is 1. The molecule has 220 valence electrons. The summed E-state index contributed by atoms with van der Waals surface area (Å²) in [5.74, 6) is -0.0292. The lowest BCUT2D eigenvalue weighted by Gasteiger charge is -2.08. The number of hydrogen-bond acceptors (Lipinski definition) is 5. The van der Waals surface area contributed by atoms with Gasteiger partial charge < -0.3 is 5.32 Å². The Kier molecular flexibility index (Phi) is 17.8. The number of unbranched alkanes of at least 4 members (excludes halogenated alkanes) is 18. The highest BCUT2D eigenvalue weighted by Gasteiger charge is 2.15. The summed E-state index contributed by atoms with van der Waals surface area (Å²) in [5.41, 5.74) is 0.603. The minimum atomic E-state index is -3.68. The van der Waals surface area contributed by atoms with Gasteiger partial charge in [0.05, 0.1) is 4.90 Å². The molecule has 6 nitrogen and oxygen atoms in total. The second-order valence-electron chi connectivity index (χ2n) is 10.6. The number of anilines is 2. The fourth-order valence-corrected chi connectivity index (χ4v) is 6.54. The number of benzene rings is 1. The Morgan fingerprint density at radius 2 is 1.18 bits per heavy atom. The normalized spacial score (nSPS) is 11.5. The predicted octanol–water partition coefficient (Wildman–Crippen LogP) is 9.70. The van der Waals surface area contributed by atoms with Crippen molar-refractivity contribution in [2.24, 2.45) is 0 Å². The molecule has 0 saturated carbocycles. The number of rotatable bonds is 24. The van der Waals surface area contributed by atoms with Gasteiger partial charge in [-0.2, -0.15) is 0 Å². The van der Waals surface area contributed by atoms with E-state index in [1.165, 1.54) is 133 Å². The number of amides is 1. The van der Waals surface area contributed by atoms with Crippen molar-refractivity contribution in [1.82, 2.24) is 4.98 Å². The van der Waals surface area contributed by atoms with Crippen LogP contribution < -0.4 is 10.0 Å². The van der Waals surface area contributed by atoms with Gasteiger partial charge in [0, 0.05) is 23.7 Å². The number of aromatic nitrogens is 1. The molecule has 0 fully saturated rings. The molecule has 2 rings (SSSR count). The van der Waals surface area contributed by atoms with E-state index < -0.39 is 10.0 Å². The van der Waals surface area contributed by atoms with Crippen LogP contribution in [0.25, 0.3) is 0 Å². The molecule has 2 N–H and O–H groups in total. The Labute approximate surface area is 241 Å². The molecule has 2 aromatic rings. The Bertz CT molecular complexity index is 977. The first kappa shape index (κ1) is 33.3. The van der Waals surface area contributed by atoms with Gasteiger partial charge in [0.25, 0.3) is 10.0 Å². The van der Waals surface area contributed by atoms with Crippen molar-refractivity contribution in [1.29, 1.82) is 0 Å². The topological polar surface area (TPSA) is 88.2 Å². The fourth-order valence-electron chi connectivity index (χ4n) is 4.75. The van der Waals surface area contributed by atoms with Crippen molar-refractivity contribution < 1.29 is 13.2 Å². The summed E-state index contributed by atoms with van der Waals surface area (Å²) in [5, 5.41) is 4.89. The second-order valence-corrected chi connectivity index (χ2v) is 13.2. The summed E-state index contributed by atoms with van der Waals surface area (Å²) >= 11 is 1.22. The summed E-state index contributed by atoms with van der Waals surface area (Å²) in [6.07, 6.45) is 27.4. The summed E-state index contributed by atoms with van der Waals surface area (Å²) in [7, 11) is -3.68. The standard InChI is InChI=1S/C31H51N3O3S2/c1-2-3-4-5-6-7-8-9-10-11-12-13-14-15-16-17-18-19-20-21-30(35)33-28-22-24-29(25-23-28)39(36,37)34-31-32-26-27-38-31/h22-27H,2-21H2,1H3,(H,32,34)(H,33,35). The van der Waals surface area contributed by atoms with Crippen molar-refractivity contribution in [3.05, 3.63) is 35.8 Å². The zero-order valence-corrected chi connectivity index (χ0v) is 25.7. The predicted molar refractivity (Wildman–Crippen MR) is 166 cm³/mol. The molecule has 8 heteroatoms. The highest BCUT2D eigenvalue weighted by molar-refractivity contribution is 7.93. The smallest absolute Gasteiger partial charge is 0.263 e. The van der Waals surface area contributed by atoms with E-state index in [1.54, 1.807) is 23.7 Å². The lowest BCUT2D eigenvalue weighted by molar-refractivity contribution is -0.116. The molecule has 1 amide bonds. The average molecular weight is 578 g/mol. The number of nitrogens with zero attached hydrogens (tertiary/aromatic N) is 1.